The highest BCUT2D eigenvalue weighted by molar-refractivity contribution is 5.71. The molecule has 3 atom stereocenters. The number of nitrogens with one attached hydrogen (secondary N) is 1. The lowest BCUT2D eigenvalue weighted by molar-refractivity contribution is -0.158. The second kappa shape index (κ2) is 17.8. The Hall–Kier alpha value is -2.95. The number of hydrogen-bond donors (Lipinski definition) is 2. The number of unbranched alkanes of at least 4 members (excludes halogenated alkanes) is 12. The maximum absolute atomic E-state index is 12.7. The van der Waals surface area contributed by atoms with Gasteiger partial charge in [0, 0.05) is 19.3 Å². The molecule has 0 amide bonds. The number of H-pyrrole nitrogens is 1. The number of anilines is 1. The van der Waals surface area contributed by atoms with Crippen molar-refractivity contribution >= 4 is 29.1 Å². The second-order valence-corrected chi connectivity index (χ2v) is 11.1. The first-order valence-electron chi connectivity index (χ1n) is 15.7. The summed E-state index contributed by atoms with van der Waals surface area (Å²) in [4.78, 5) is 48.2. The van der Waals surface area contributed by atoms with E-state index in [1.165, 1.54) is 57.7 Å². The van der Waals surface area contributed by atoms with Crippen molar-refractivity contribution in [3.05, 3.63) is 16.7 Å². The van der Waals surface area contributed by atoms with Crippen molar-refractivity contribution in [3.63, 3.8) is 0 Å². The average Bonchev–Trinajstić information content (AvgIpc) is 3.54. The Morgan fingerprint density at radius 2 is 1.54 bits per heavy atom. The van der Waals surface area contributed by atoms with Crippen LogP contribution in [0.15, 0.2) is 11.1 Å². The summed E-state index contributed by atoms with van der Waals surface area (Å²) in [6, 6.07) is 0. The number of carbonyl (C=O) groups is 2. The minimum absolute atomic E-state index is 0.0238. The van der Waals surface area contributed by atoms with Gasteiger partial charge in [-0.3, -0.25) is 23.9 Å². The number of aromatic nitrogens is 4. The molecule has 2 aromatic rings. The van der Waals surface area contributed by atoms with Gasteiger partial charge in [0.05, 0.1) is 6.33 Å². The molecule has 1 aliphatic rings. The third-order valence-corrected chi connectivity index (χ3v) is 7.60. The van der Waals surface area contributed by atoms with Crippen LogP contribution in [0.5, 0.6) is 0 Å². The van der Waals surface area contributed by atoms with Crippen LogP contribution in [-0.4, -0.2) is 50.3 Å². The Morgan fingerprint density at radius 3 is 2.17 bits per heavy atom. The van der Waals surface area contributed by atoms with E-state index < -0.39 is 24.0 Å². The molecule has 1 fully saturated rings. The summed E-state index contributed by atoms with van der Waals surface area (Å²) in [5.74, 6) is -0.606. The van der Waals surface area contributed by atoms with Gasteiger partial charge in [0.25, 0.3) is 5.56 Å². The number of nitrogens with zero attached hydrogens (tertiary/aromatic N) is 3. The predicted octanol–water partition coefficient (Wildman–Crippen LogP) is 5.73. The summed E-state index contributed by atoms with van der Waals surface area (Å²) in [5, 5.41) is 0. The number of aromatic amines is 1. The van der Waals surface area contributed by atoms with E-state index in [9.17, 15) is 14.4 Å². The van der Waals surface area contributed by atoms with Gasteiger partial charge in [-0.25, -0.2) is 4.98 Å². The molecule has 2 aromatic heterocycles. The van der Waals surface area contributed by atoms with Crippen molar-refractivity contribution in [3.8, 4) is 0 Å². The van der Waals surface area contributed by atoms with Gasteiger partial charge in [-0.1, -0.05) is 90.9 Å². The molecule has 0 bridgehead atoms. The van der Waals surface area contributed by atoms with Crippen molar-refractivity contribution in [2.24, 2.45) is 0 Å². The second-order valence-electron chi connectivity index (χ2n) is 11.1. The quantitative estimate of drug-likeness (QED) is 0.149. The zero-order valence-electron chi connectivity index (χ0n) is 24.9. The largest absolute Gasteiger partial charge is 0.463 e. The van der Waals surface area contributed by atoms with E-state index in [0.717, 1.165) is 38.5 Å². The lowest BCUT2D eigenvalue weighted by Crippen LogP contribution is -2.32. The molecule has 0 spiro atoms. The number of rotatable bonds is 20. The monoisotopic (exact) mass is 575 g/mol. The molecule has 0 saturated carbocycles. The summed E-state index contributed by atoms with van der Waals surface area (Å²) < 4.78 is 19.2. The zero-order valence-corrected chi connectivity index (χ0v) is 24.9. The highest BCUT2D eigenvalue weighted by Gasteiger charge is 2.40. The summed E-state index contributed by atoms with van der Waals surface area (Å²) in [6.45, 7) is 4.36. The molecule has 1 aliphatic heterocycles. The molecule has 0 aromatic carbocycles. The van der Waals surface area contributed by atoms with Crippen LogP contribution in [0.1, 0.15) is 129 Å². The Kier molecular flexibility index (Phi) is 14.1. The highest BCUT2D eigenvalue weighted by Crippen LogP contribution is 2.33. The Balaban J connectivity index is 1.54. The van der Waals surface area contributed by atoms with Crippen LogP contribution in [0.25, 0.3) is 11.2 Å². The van der Waals surface area contributed by atoms with Gasteiger partial charge in [0.1, 0.15) is 25.0 Å². The minimum atomic E-state index is -0.646. The van der Waals surface area contributed by atoms with Crippen molar-refractivity contribution in [1.29, 1.82) is 0 Å². The molecule has 0 radical (unpaired) electrons. The fourth-order valence-electron chi connectivity index (χ4n) is 5.23. The maximum atomic E-state index is 12.7. The number of nitrogen functional groups attached to an aromatic ring is 1. The molecule has 230 valence electrons. The SMILES string of the molecule is CCCCCCCCCC(=O)OC[C@H]1O[C@@H](n2cnc3c(=O)[nH]c(N)nc32)CC1OC(=O)CCCCCCCCC. The molecule has 3 N–H and O–H groups in total. The minimum Gasteiger partial charge on any atom is -0.463 e. The molecule has 11 heteroatoms. The first-order valence-corrected chi connectivity index (χ1v) is 15.7. The van der Waals surface area contributed by atoms with Crippen molar-refractivity contribution in [2.75, 3.05) is 12.3 Å². The molecule has 0 aliphatic carbocycles. The Bertz CT molecular complexity index is 1130. The lowest BCUT2D eigenvalue weighted by Gasteiger charge is -2.19. The summed E-state index contributed by atoms with van der Waals surface area (Å²) in [7, 11) is 0. The number of ether oxygens (including phenoxy) is 3. The van der Waals surface area contributed by atoms with Gasteiger partial charge in [-0.05, 0) is 12.8 Å². The smallest absolute Gasteiger partial charge is 0.306 e. The van der Waals surface area contributed by atoms with E-state index in [4.69, 9.17) is 19.9 Å². The van der Waals surface area contributed by atoms with Gasteiger partial charge >= 0.3 is 11.9 Å². The first kappa shape index (κ1) is 32.6. The number of esters is 2. The molecular weight excluding hydrogens is 526 g/mol. The van der Waals surface area contributed by atoms with E-state index >= 15 is 0 Å². The van der Waals surface area contributed by atoms with Crippen LogP contribution < -0.4 is 11.3 Å². The Morgan fingerprint density at radius 1 is 0.951 bits per heavy atom. The summed E-state index contributed by atoms with van der Waals surface area (Å²) in [6.07, 6.45) is 16.2. The van der Waals surface area contributed by atoms with Crippen molar-refractivity contribution < 1.29 is 23.8 Å². The number of nitrogens with two attached hydrogens (primary N) is 1. The highest BCUT2D eigenvalue weighted by atomic mass is 16.6. The van der Waals surface area contributed by atoms with E-state index in [2.05, 4.69) is 28.8 Å². The van der Waals surface area contributed by atoms with Crippen LogP contribution in [0, 0.1) is 0 Å². The van der Waals surface area contributed by atoms with E-state index in [-0.39, 0.29) is 35.7 Å². The van der Waals surface area contributed by atoms with E-state index in [1.807, 2.05) is 0 Å². The standard InChI is InChI=1S/C30H49N5O6/c1-3-5-7-9-11-13-15-17-25(36)39-20-23-22(41-26(37)18-16-14-12-10-8-6-4-2)19-24(40-23)35-21-32-27-28(35)33-30(31)34-29(27)38/h21-24H,3-20H2,1-2H3,(H3,31,33,34,38)/t22?,23-,24-/m1/s1. The predicted molar refractivity (Wildman–Crippen MR) is 157 cm³/mol. The third kappa shape index (κ3) is 10.8. The van der Waals surface area contributed by atoms with E-state index in [1.54, 1.807) is 4.57 Å². The molecule has 3 rings (SSSR count). The van der Waals surface area contributed by atoms with Gasteiger partial charge in [-0.2, -0.15) is 4.98 Å². The van der Waals surface area contributed by atoms with Crippen LogP contribution in [0.4, 0.5) is 5.95 Å². The Labute approximate surface area is 242 Å². The number of hydrogen-bond acceptors (Lipinski definition) is 9. The van der Waals surface area contributed by atoms with Crippen molar-refractivity contribution in [1.82, 2.24) is 19.5 Å². The van der Waals surface area contributed by atoms with Gasteiger partial charge < -0.3 is 19.9 Å². The topological polar surface area (TPSA) is 151 Å². The summed E-state index contributed by atoms with van der Waals surface area (Å²) >= 11 is 0. The van der Waals surface area contributed by atoms with Gasteiger partial charge in [0.15, 0.2) is 11.2 Å². The molecular formula is C30H49N5O6. The van der Waals surface area contributed by atoms with Crippen LogP contribution in [0.2, 0.25) is 0 Å². The molecule has 3 heterocycles. The van der Waals surface area contributed by atoms with Crippen LogP contribution >= 0.6 is 0 Å². The maximum Gasteiger partial charge on any atom is 0.306 e. The molecule has 41 heavy (non-hydrogen) atoms. The molecule has 1 unspecified atom stereocenters. The first-order chi connectivity index (χ1) is 19.9. The fraction of sp³-hybridized carbons (Fsp3) is 0.767. The number of imidazole rings is 1. The van der Waals surface area contributed by atoms with Crippen LogP contribution in [-0.2, 0) is 23.8 Å². The third-order valence-electron chi connectivity index (χ3n) is 7.60. The lowest BCUT2D eigenvalue weighted by atomic mass is 10.1. The van der Waals surface area contributed by atoms with Crippen LogP contribution in [0.3, 0.4) is 0 Å². The molecule has 11 nitrogen and oxygen atoms in total. The summed E-state index contributed by atoms with van der Waals surface area (Å²) in [5.41, 5.74) is 5.72. The van der Waals surface area contributed by atoms with Gasteiger partial charge in [0.2, 0.25) is 5.95 Å². The fourth-order valence-corrected chi connectivity index (χ4v) is 5.23. The zero-order chi connectivity index (χ0) is 29.5. The normalized spacial score (nSPS) is 18.6. The van der Waals surface area contributed by atoms with Gasteiger partial charge in [-0.15, -0.1) is 0 Å². The number of fused-ring (bicyclic) bond motifs is 1. The van der Waals surface area contributed by atoms with E-state index in [0.29, 0.717) is 19.3 Å². The number of carbonyl (C=O) groups excluding carboxylic acids is 2. The average molecular weight is 576 g/mol. The van der Waals surface area contributed by atoms with Crippen molar-refractivity contribution in [2.45, 2.75) is 141 Å². The molecule has 1 saturated heterocycles.